The zero-order valence-electron chi connectivity index (χ0n) is 15.7. The molecule has 0 amide bonds. The Bertz CT molecular complexity index is 697. The second-order valence-corrected chi connectivity index (χ2v) is 7.72. The maximum Gasteiger partial charge on any atom is 0.191 e. The first-order valence-electron chi connectivity index (χ1n) is 9.14. The average Bonchev–Trinajstić information content (AvgIpc) is 3.22. The Kier molecular flexibility index (Phi) is 8.33. The first kappa shape index (κ1) is 21.1. The van der Waals surface area contributed by atoms with Crippen molar-refractivity contribution in [3.05, 3.63) is 34.0 Å². The van der Waals surface area contributed by atoms with E-state index in [2.05, 4.69) is 52.1 Å². The van der Waals surface area contributed by atoms with Gasteiger partial charge in [-0.15, -0.1) is 35.3 Å². The van der Waals surface area contributed by atoms with Crippen LogP contribution in [0, 0.1) is 12.8 Å². The summed E-state index contributed by atoms with van der Waals surface area (Å²) in [7, 11) is 0. The summed E-state index contributed by atoms with van der Waals surface area (Å²) in [5.74, 6) is 3.27. The van der Waals surface area contributed by atoms with Gasteiger partial charge in [0.25, 0.3) is 0 Å². The predicted molar refractivity (Wildman–Crippen MR) is 118 cm³/mol. The summed E-state index contributed by atoms with van der Waals surface area (Å²) in [4.78, 5) is 10.8. The number of aryl methyl sites for hydroxylation is 2. The molecule has 0 aromatic carbocycles. The van der Waals surface area contributed by atoms with E-state index >= 15 is 0 Å². The zero-order chi connectivity index (χ0) is 17.6. The van der Waals surface area contributed by atoms with E-state index < -0.39 is 0 Å². The third-order valence-corrected chi connectivity index (χ3v) is 5.23. The quantitative estimate of drug-likeness (QED) is 0.371. The van der Waals surface area contributed by atoms with Crippen molar-refractivity contribution in [2.24, 2.45) is 10.9 Å². The van der Waals surface area contributed by atoms with Gasteiger partial charge in [0, 0.05) is 24.5 Å². The maximum absolute atomic E-state index is 4.81. The van der Waals surface area contributed by atoms with Gasteiger partial charge < -0.3 is 10.6 Å². The Morgan fingerprint density at radius 2 is 2.35 bits per heavy atom. The van der Waals surface area contributed by atoms with E-state index in [9.17, 15) is 0 Å². The lowest BCUT2D eigenvalue weighted by molar-refractivity contribution is 0.397. The van der Waals surface area contributed by atoms with Crippen molar-refractivity contribution < 1.29 is 0 Å². The van der Waals surface area contributed by atoms with Gasteiger partial charge in [0.15, 0.2) is 5.96 Å². The molecular weight excluding hydrogens is 459 g/mol. The summed E-state index contributed by atoms with van der Waals surface area (Å²) >= 11 is 1.82. The van der Waals surface area contributed by atoms with Crippen molar-refractivity contribution in [3.63, 3.8) is 0 Å². The van der Waals surface area contributed by atoms with E-state index in [4.69, 9.17) is 4.99 Å². The molecule has 0 fully saturated rings. The molecule has 0 aliphatic carbocycles. The lowest BCUT2D eigenvalue weighted by atomic mass is 10.1. The largest absolute Gasteiger partial charge is 0.357 e. The Balaban J connectivity index is 0.00000243. The Hall–Kier alpha value is -1.16. The van der Waals surface area contributed by atoms with E-state index in [-0.39, 0.29) is 30.0 Å². The summed E-state index contributed by atoms with van der Waals surface area (Å²) in [5, 5.41) is 13.5. The van der Waals surface area contributed by atoms with E-state index in [0.29, 0.717) is 5.92 Å². The van der Waals surface area contributed by atoms with Crippen LogP contribution >= 0.6 is 35.3 Å². The lowest BCUT2D eigenvalue weighted by Gasteiger charge is -2.25. The summed E-state index contributed by atoms with van der Waals surface area (Å²) < 4.78 is 2.03. The number of hydrogen-bond acceptors (Lipinski definition) is 4. The monoisotopic (exact) mass is 488 g/mol. The van der Waals surface area contributed by atoms with E-state index in [1.165, 1.54) is 4.88 Å². The summed E-state index contributed by atoms with van der Waals surface area (Å²) in [5.41, 5.74) is 0. The molecule has 3 rings (SSSR count). The molecule has 2 atom stereocenters. The minimum Gasteiger partial charge on any atom is -0.357 e. The van der Waals surface area contributed by atoms with Crippen molar-refractivity contribution in [1.29, 1.82) is 0 Å². The van der Waals surface area contributed by atoms with E-state index in [0.717, 1.165) is 56.5 Å². The molecule has 2 aromatic heterocycles. The normalized spacial score (nSPS) is 18.0. The van der Waals surface area contributed by atoms with Gasteiger partial charge in [-0.3, -0.25) is 4.99 Å². The maximum atomic E-state index is 4.81. The van der Waals surface area contributed by atoms with Crippen molar-refractivity contribution in [3.8, 4) is 0 Å². The van der Waals surface area contributed by atoms with Gasteiger partial charge >= 0.3 is 0 Å². The standard InChI is InChI=1S/C18H28N6S.HI/c1-4-19-18(20-12-13(2)11-15-7-6-10-25-15)22-16-8-5-9-24-17(16)21-14(3)23-24;/h6-7,10,13,16H,4-5,8-9,11-12H2,1-3H3,(H2,19,20,22);1H. The van der Waals surface area contributed by atoms with Crippen molar-refractivity contribution in [1.82, 2.24) is 25.4 Å². The Morgan fingerprint density at radius 3 is 3.08 bits per heavy atom. The van der Waals surface area contributed by atoms with E-state index in [1.807, 2.05) is 22.9 Å². The van der Waals surface area contributed by atoms with Crippen LogP contribution in [0.4, 0.5) is 0 Å². The molecule has 3 heterocycles. The molecule has 1 aliphatic rings. The first-order valence-corrected chi connectivity index (χ1v) is 10.0. The predicted octanol–water partition coefficient (Wildman–Crippen LogP) is 3.53. The summed E-state index contributed by atoms with van der Waals surface area (Å²) in [6, 6.07) is 4.49. The number of halogens is 1. The van der Waals surface area contributed by atoms with Crippen LogP contribution in [-0.4, -0.2) is 33.8 Å². The third kappa shape index (κ3) is 5.67. The number of nitrogens with one attached hydrogen (secondary N) is 2. The topological polar surface area (TPSA) is 67.1 Å². The third-order valence-electron chi connectivity index (χ3n) is 4.33. The Morgan fingerprint density at radius 1 is 1.50 bits per heavy atom. The summed E-state index contributed by atoms with van der Waals surface area (Å²) in [6.45, 7) is 8.93. The highest BCUT2D eigenvalue weighted by molar-refractivity contribution is 14.0. The molecule has 1 aliphatic heterocycles. The Labute approximate surface area is 176 Å². The number of hydrogen-bond donors (Lipinski definition) is 2. The minimum absolute atomic E-state index is 0. The molecule has 0 saturated heterocycles. The molecular formula is C18H29IN6S. The molecule has 8 heteroatoms. The average molecular weight is 488 g/mol. The highest BCUT2D eigenvalue weighted by Gasteiger charge is 2.24. The molecule has 6 nitrogen and oxygen atoms in total. The van der Waals surface area contributed by atoms with Crippen molar-refractivity contribution >= 4 is 41.3 Å². The molecule has 2 unspecified atom stereocenters. The smallest absolute Gasteiger partial charge is 0.191 e. The van der Waals surface area contributed by atoms with E-state index in [1.54, 1.807) is 0 Å². The van der Waals surface area contributed by atoms with Crippen molar-refractivity contribution in [2.75, 3.05) is 13.1 Å². The van der Waals surface area contributed by atoms with Gasteiger partial charge in [-0.2, -0.15) is 5.10 Å². The molecule has 0 spiro atoms. The molecule has 2 N–H and O–H groups in total. The molecule has 0 bridgehead atoms. The molecule has 0 saturated carbocycles. The first-order chi connectivity index (χ1) is 12.2. The SMILES string of the molecule is CCNC(=NCC(C)Cc1cccs1)NC1CCCn2nc(C)nc21.I. The van der Waals surface area contributed by atoms with Gasteiger partial charge in [-0.05, 0) is 50.5 Å². The molecule has 0 radical (unpaired) electrons. The number of aliphatic imine (C=N–C) groups is 1. The van der Waals surface area contributed by atoms with Gasteiger partial charge in [0.2, 0.25) is 0 Å². The summed E-state index contributed by atoms with van der Waals surface area (Å²) in [6.07, 6.45) is 3.26. The van der Waals surface area contributed by atoms with Gasteiger partial charge in [0.1, 0.15) is 11.6 Å². The zero-order valence-corrected chi connectivity index (χ0v) is 18.9. The number of fused-ring (bicyclic) bond motifs is 1. The molecule has 26 heavy (non-hydrogen) atoms. The van der Waals surface area contributed by atoms with Crippen LogP contribution in [0.2, 0.25) is 0 Å². The number of aromatic nitrogens is 3. The fourth-order valence-corrected chi connectivity index (χ4v) is 4.04. The van der Waals surface area contributed by atoms with Crippen LogP contribution in [0.1, 0.15) is 49.3 Å². The minimum atomic E-state index is 0. The number of guanidine groups is 1. The van der Waals surface area contributed by atoms with Crippen LogP contribution in [0.15, 0.2) is 22.5 Å². The number of thiophene rings is 1. The fraction of sp³-hybridized carbons (Fsp3) is 0.611. The lowest BCUT2D eigenvalue weighted by Crippen LogP contribution is -2.41. The van der Waals surface area contributed by atoms with Crippen LogP contribution in [0.3, 0.4) is 0 Å². The fourth-order valence-electron chi connectivity index (χ4n) is 3.17. The number of nitrogens with zero attached hydrogens (tertiary/aromatic N) is 4. The second kappa shape index (κ2) is 10.2. The van der Waals surface area contributed by atoms with Gasteiger partial charge in [-0.25, -0.2) is 9.67 Å². The van der Waals surface area contributed by atoms with Crippen LogP contribution in [0.25, 0.3) is 0 Å². The number of rotatable bonds is 6. The van der Waals surface area contributed by atoms with Crippen molar-refractivity contribution in [2.45, 2.75) is 52.6 Å². The van der Waals surface area contributed by atoms with Gasteiger partial charge in [0.05, 0.1) is 6.04 Å². The van der Waals surface area contributed by atoms with Gasteiger partial charge in [-0.1, -0.05) is 13.0 Å². The van der Waals surface area contributed by atoms with Crippen LogP contribution < -0.4 is 10.6 Å². The van der Waals surface area contributed by atoms with Crippen LogP contribution in [0.5, 0.6) is 0 Å². The molecule has 2 aromatic rings. The highest BCUT2D eigenvalue weighted by atomic mass is 127. The highest BCUT2D eigenvalue weighted by Crippen LogP contribution is 2.22. The second-order valence-electron chi connectivity index (χ2n) is 6.69. The molecule has 144 valence electrons. The van der Waals surface area contributed by atoms with Crippen LogP contribution in [-0.2, 0) is 13.0 Å².